The second-order valence-electron chi connectivity index (χ2n) is 4.85. The van der Waals surface area contributed by atoms with Crippen molar-refractivity contribution in [2.75, 3.05) is 19.6 Å². The average molecular weight is 210 g/mol. The van der Waals surface area contributed by atoms with E-state index in [1.165, 1.54) is 19.3 Å². The first-order valence-electron chi connectivity index (χ1n) is 6.31. The number of hydrogen-bond donors (Lipinski definition) is 1. The summed E-state index contributed by atoms with van der Waals surface area (Å²) in [6.07, 6.45) is 5.48. The summed E-state index contributed by atoms with van der Waals surface area (Å²) in [4.78, 5) is 14.2. The van der Waals surface area contributed by atoms with Gasteiger partial charge in [-0.2, -0.15) is 0 Å². The van der Waals surface area contributed by atoms with Gasteiger partial charge in [-0.15, -0.1) is 0 Å². The first-order chi connectivity index (χ1) is 7.31. The second kappa shape index (κ2) is 4.97. The summed E-state index contributed by atoms with van der Waals surface area (Å²) >= 11 is 0. The summed E-state index contributed by atoms with van der Waals surface area (Å²) in [5.41, 5.74) is 0. The zero-order chi connectivity index (χ0) is 10.7. The lowest BCUT2D eigenvalue weighted by molar-refractivity contribution is -0.132. The van der Waals surface area contributed by atoms with Gasteiger partial charge in [-0.25, -0.2) is 0 Å². The Labute approximate surface area is 92.2 Å². The molecule has 2 aliphatic rings. The van der Waals surface area contributed by atoms with Crippen molar-refractivity contribution in [3.05, 3.63) is 0 Å². The van der Waals surface area contributed by atoms with Gasteiger partial charge in [-0.3, -0.25) is 4.79 Å². The summed E-state index contributed by atoms with van der Waals surface area (Å²) in [6, 6.07) is 0.534. The van der Waals surface area contributed by atoms with Crippen LogP contribution in [-0.2, 0) is 4.79 Å². The van der Waals surface area contributed by atoms with Gasteiger partial charge in [0.25, 0.3) is 0 Å². The monoisotopic (exact) mass is 210 g/mol. The number of nitrogens with zero attached hydrogens (tertiary/aromatic N) is 1. The Morgan fingerprint density at radius 3 is 3.00 bits per heavy atom. The van der Waals surface area contributed by atoms with Gasteiger partial charge in [-0.1, -0.05) is 6.92 Å². The molecular weight excluding hydrogens is 188 g/mol. The highest BCUT2D eigenvalue weighted by Crippen LogP contribution is 2.23. The lowest BCUT2D eigenvalue weighted by atomic mass is 10.0. The van der Waals surface area contributed by atoms with E-state index < -0.39 is 0 Å². The van der Waals surface area contributed by atoms with E-state index in [1.54, 1.807) is 0 Å². The van der Waals surface area contributed by atoms with Gasteiger partial charge in [0, 0.05) is 19.0 Å². The molecule has 2 aliphatic heterocycles. The third-order valence-electron chi connectivity index (χ3n) is 3.79. The van der Waals surface area contributed by atoms with Crippen LogP contribution in [0.2, 0.25) is 0 Å². The van der Waals surface area contributed by atoms with Gasteiger partial charge in [0.15, 0.2) is 0 Å². The van der Waals surface area contributed by atoms with Crippen molar-refractivity contribution in [1.29, 1.82) is 0 Å². The first kappa shape index (κ1) is 10.9. The molecule has 2 unspecified atom stereocenters. The van der Waals surface area contributed by atoms with Crippen molar-refractivity contribution < 1.29 is 4.79 Å². The highest BCUT2D eigenvalue weighted by atomic mass is 16.2. The minimum absolute atomic E-state index is 0.396. The van der Waals surface area contributed by atoms with Crippen molar-refractivity contribution >= 4 is 5.91 Å². The lowest BCUT2D eigenvalue weighted by Gasteiger charge is -2.24. The SMILES string of the molecule is CCC1CCCN1C(=O)CC1CCNC1. The molecule has 0 aliphatic carbocycles. The number of rotatable bonds is 3. The maximum absolute atomic E-state index is 12.1. The summed E-state index contributed by atoms with van der Waals surface area (Å²) in [5.74, 6) is 0.989. The minimum atomic E-state index is 0.396. The molecule has 2 heterocycles. The molecule has 0 aromatic rings. The van der Waals surface area contributed by atoms with Crippen molar-refractivity contribution in [3.8, 4) is 0 Å². The third kappa shape index (κ3) is 2.51. The molecule has 86 valence electrons. The van der Waals surface area contributed by atoms with Crippen LogP contribution in [0, 0.1) is 5.92 Å². The Kier molecular flexibility index (Phi) is 3.62. The van der Waals surface area contributed by atoms with Gasteiger partial charge in [0.2, 0.25) is 5.91 Å². The lowest BCUT2D eigenvalue weighted by Crippen LogP contribution is -2.36. The molecule has 2 saturated heterocycles. The fourth-order valence-corrected chi connectivity index (χ4v) is 2.84. The normalized spacial score (nSPS) is 31.1. The molecule has 1 N–H and O–H groups in total. The number of likely N-dealkylation sites (tertiary alicyclic amines) is 1. The highest BCUT2D eigenvalue weighted by molar-refractivity contribution is 5.77. The Balaban J connectivity index is 1.83. The van der Waals surface area contributed by atoms with E-state index in [-0.39, 0.29) is 0 Å². The molecule has 0 aromatic carbocycles. The van der Waals surface area contributed by atoms with Crippen LogP contribution in [-0.4, -0.2) is 36.5 Å². The van der Waals surface area contributed by atoms with E-state index in [0.29, 0.717) is 17.9 Å². The largest absolute Gasteiger partial charge is 0.340 e. The Hall–Kier alpha value is -0.570. The van der Waals surface area contributed by atoms with Crippen molar-refractivity contribution in [1.82, 2.24) is 10.2 Å². The van der Waals surface area contributed by atoms with Crippen molar-refractivity contribution in [2.24, 2.45) is 5.92 Å². The molecule has 0 aromatic heterocycles. The molecule has 0 saturated carbocycles. The quantitative estimate of drug-likeness (QED) is 0.763. The second-order valence-corrected chi connectivity index (χ2v) is 4.85. The van der Waals surface area contributed by atoms with E-state index in [9.17, 15) is 4.79 Å². The molecule has 3 nitrogen and oxygen atoms in total. The van der Waals surface area contributed by atoms with Crippen LogP contribution in [0.1, 0.15) is 39.0 Å². The molecule has 2 fully saturated rings. The van der Waals surface area contributed by atoms with Gasteiger partial charge in [0.1, 0.15) is 0 Å². The standard InChI is InChI=1S/C12H22N2O/c1-2-11-4-3-7-14(11)12(15)8-10-5-6-13-9-10/h10-11,13H,2-9H2,1H3. The van der Waals surface area contributed by atoms with E-state index in [1.807, 2.05) is 0 Å². The summed E-state index contributed by atoms with van der Waals surface area (Å²) < 4.78 is 0. The van der Waals surface area contributed by atoms with Gasteiger partial charge in [-0.05, 0) is 44.7 Å². The predicted molar refractivity (Wildman–Crippen MR) is 60.6 cm³/mol. The topological polar surface area (TPSA) is 32.3 Å². The van der Waals surface area contributed by atoms with Crippen LogP contribution >= 0.6 is 0 Å². The molecule has 3 heteroatoms. The summed E-state index contributed by atoms with van der Waals surface area (Å²) in [5, 5.41) is 3.32. The molecule has 0 radical (unpaired) electrons. The number of carbonyl (C=O) groups is 1. The number of carbonyl (C=O) groups excluding carboxylic acids is 1. The fraction of sp³-hybridized carbons (Fsp3) is 0.917. The Morgan fingerprint density at radius 1 is 1.47 bits per heavy atom. The maximum atomic E-state index is 12.1. The smallest absolute Gasteiger partial charge is 0.223 e. The molecule has 15 heavy (non-hydrogen) atoms. The Bertz CT molecular complexity index is 224. The average Bonchev–Trinajstić information content (AvgIpc) is 2.86. The molecule has 0 bridgehead atoms. The van der Waals surface area contributed by atoms with Crippen LogP contribution in [0.4, 0.5) is 0 Å². The highest BCUT2D eigenvalue weighted by Gasteiger charge is 2.29. The van der Waals surface area contributed by atoms with Gasteiger partial charge < -0.3 is 10.2 Å². The Morgan fingerprint density at radius 2 is 2.33 bits per heavy atom. The fourth-order valence-electron chi connectivity index (χ4n) is 2.84. The van der Waals surface area contributed by atoms with Crippen LogP contribution in [0.25, 0.3) is 0 Å². The van der Waals surface area contributed by atoms with Crippen molar-refractivity contribution in [3.63, 3.8) is 0 Å². The maximum Gasteiger partial charge on any atom is 0.223 e. The molecule has 2 rings (SSSR count). The molecule has 1 amide bonds. The summed E-state index contributed by atoms with van der Waals surface area (Å²) in [6.45, 7) is 5.32. The molecule has 0 spiro atoms. The number of nitrogens with one attached hydrogen (secondary N) is 1. The predicted octanol–water partition coefficient (Wildman–Crippen LogP) is 1.39. The summed E-state index contributed by atoms with van der Waals surface area (Å²) in [7, 11) is 0. The van der Waals surface area contributed by atoms with Crippen LogP contribution in [0.5, 0.6) is 0 Å². The van der Waals surface area contributed by atoms with E-state index >= 15 is 0 Å². The van der Waals surface area contributed by atoms with Crippen LogP contribution < -0.4 is 5.32 Å². The third-order valence-corrected chi connectivity index (χ3v) is 3.79. The number of amides is 1. The van der Waals surface area contributed by atoms with Gasteiger partial charge in [0.05, 0.1) is 0 Å². The zero-order valence-corrected chi connectivity index (χ0v) is 9.67. The van der Waals surface area contributed by atoms with Crippen molar-refractivity contribution in [2.45, 2.75) is 45.1 Å². The van der Waals surface area contributed by atoms with E-state index in [4.69, 9.17) is 0 Å². The first-order valence-corrected chi connectivity index (χ1v) is 6.31. The van der Waals surface area contributed by atoms with Gasteiger partial charge >= 0.3 is 0 Å². The van der Waals surface area contributed by atoms with E-state index in [0.717, 1.165) is 32.5 Å². The van der Waals surface area contributed by atoms with Crippen LogP contribution in [0.15, 0.2) is 0 Å². The zero-order valence-electron chi connectivity index (χ0n) is 9.67. The molecular formula is C12H22N2O. The number of hydrogen-bond acceptors (Lipinski definition) is 2. The van der Waals surface area contributed by atoms with E-state index in [2.05, 4.69) is 17.1 Å². The van der Waals surface area contributed by atoms with Crippen LogP contribution in [0.3, 0.4) is 0 Å². The molecule has 2 atom stereocenters. The minimum Gasteiger partial charge on any atom is -0.340 e.